The molecule has 1 rings (SSSR count). The highest BCUT2D eigenvalue weighted by Crippen LogP contribution is 2.29. The summed E-state index contributed by atoms with van der Waals surface area (Å²) in [7, 11) is 1.48. The maximum Gasteiger partial charge on any atom is 0.326 e. The van der Waals surface area contributed by atoms with Crippen molar-refractivity contribution in [1.29, 1.82) is 0 Å². The van der Waals surface area contributed by atoms with Crippen LogP contribution >= 0.6 is 15.9 Å². The lowest BCUT2D eigenvalue weighted by molar-refractivity contribution is -0.384. The Morgan fingerprint density at radius 1 is 1.72 bits per heavy atom. The second kappa shape index (κ2) is 5.76. The van der Waals surface area contributed by atoms with E-state index in [0.29, 0.717) is 10.9 Å². The summed E-state index contributed by atoms with van der Waals surface area (Å²) in [5.41, 5.74) is -0.230. The number of aromatic nitrogens is 1. The van der Waals surface area contributed by atoms with Gasteiger partial charge in [-0.15, -0.1) is 0 Å². The van der Waals surface area contributed by atoms with Gasteiger partial charge >= 0.3 is 11.7 Å². The predicted molar refractivity (Wildman–Crippen MR) is 68.7 cm³/mol. The standard InChI is InChI=1S/C10H12BrN3O4/c1-3-7(10(15)16)13(2)9-8(14(17)18)4-6(11)5-12-9/h4-5,7H,3H2,1-2H3,(H,15,16). The number of carboxylic acid groups (broad SMARTS) is 1. The Labute approximate surface area is 112 Å². The van der Waals surface area contributed by atoms with Crippen LogP contribution in [0, 0.1) is 10.1 Å². The van der Waals surface area contributed by atoms with Gasteiger partial charge in [0, 0.05) is 23.8 Å². The smallest absolute Gasteiger partial charge is 0.326 e. The number of nitrogens with zero attached hydrogens (tertiary/aromatic N) is 3. The van der Waals surface area contributed by atoms with Crippen molar-refractivity contribution in [2.45, 2.75) is 19.4 Å². The van der Waals surface area contributed by atoms with E-state index in [2.05, 4.69) is 20.9 Å². The Morgan fingerprint density at radius 2 is 2.33 bits per heavy atom. The zero-order valence-electron chi connectivity index (χ0n) is 9.83. The molecule has 8 heteroatoms. The van der Waals surface area contributed by atoms with Crippen molar-refractivity contribution in [2.75, 3.05) is 11.9 Å². The van der Waals surface area contributed by atoms with E-state index in [-0.39, 0.29) is 11.5 Å². The van der Waals surface area contributed by atoms with Gasteiger partial charge in [-0.1, -0.05) is 6.92 Å². The molecule has 98 valence electrons. The molecule has 0 saturated heterocycles. The van der Waals surface area contributed by atoms with Crippen molar-refractivity contribution < 1.29 is 14.8 Å². The molecule has 18 heavy (non-hydrogen) atoms. The molecule has 0 amide bonds. The van der Waals surface area contributed by atoms with Gasteiger partial charge in [0.05, 0.1) is 4.92 Å². The molecule has 0 aliphatic rings. The Morgan fingerprint density at radius 3 is 2.78 bits per heavy atom. The lowest BCUT2D eigenvalue weighted by Gasteiger charge is -2.24. The minimum absolute atomic E-state index is 0.0393. The van der Waals surface area contributed by atoms with Gasteiger partial charge in [0.25, 0.3) is 0 Å². The first-order valence-electron chi connectivity index (χ1n) is 5.14. The fourth-order valence-electron chi connectivity index (χ4n) is 1.59. The first-order chi connectivity index (χ1) is 8.38. The highest BCUT2D eigenvalue weighted by Gasteiger charge is 2.27. The maximum absolute atomic E-state index is 11.0. The fraction of sp³-hybridized carbons (Fsp3) is 0.400. The average molecular weight is 318 g/mol. The van der Waals surface area contributed by atoms with Crippen LogP contribution in [0.4, 0.5) is 11.5 Å². The molecule has 0 bridgehead atoms. The SMILES string of the molecule is CCC(C(=O)O)N(C)c1ncc(Br)cc1[N+](=O)[O-]. The summed E-state index contributed by atoms with van der Waals surface area (Å²) in [6.45, 7) is 1.69. The van der Waals surface area contributed by atoms with Crippen LogP contribution < -0.4 is 4.90 Å². The molecule has 1 aromatic heterocycles. The molecule has 1 unspecified atom stereocenters. The van der Waals surface area contributed by atoms with Crippen molar-refractivity contribution in [2.24, 2.45) is 0 Å². The lowest BCUT2D eigenvalue weighted by Crippen LogP contribution is -2.38. The lowest BCUT2D eigenvalue weighted by atomic mass is 10.2. The van der Waals surface area contributed by atoms with Gasteiger partial charge in [-0.25, -0.2) is 9.78 Å². The molecule has 0 aliphatic carbocycles. The van der Waals surface area contributed by atoms with E-state index in [0.717, 1.165) is 0 Å². The summed E-state index contributed by atoms with van der Waals surface area (Å²) < 4.78 is 0.467. The summed E-state index contributed by atoms with van der Waals surface area (Å²) in [6, 6.07) is 0.449. The summed E-state index contributed by atoms with van der Waals surface area (Å²) in [6.07, 6.45) is 1.72. The number of nitro groups is 1. The second-order valence-corrected chi connectivity index (χ2v) is 4.54. The van der Waals surface area contributed by atoms with Crippen molar-refractivity contribution in [3.8, 4) is 0 Å². The summed E-state index contributed by atoms with van der Waals surface area (Å²) in [5.74, 6) is -1.00. The van der Waals surface area contributed by atoms with Gasteiger partial charge in [0.1, 0.15) is 6.04 Å². The Balaban J connectivity index is 3.23. The van der Waals surface area contributed by atoms with Gasteiger partial charge in [-0.3, -0.25) is 10.1 Å². The molecule has 0 aliphatic heterocycles. The third-order valence-corrected chi connectivity index (χ3v) is 2.92. The zero-order chi connectivity index (χ0) is 13.9. The van der Waals surface area contributed by atoms with Crippen LogP contribution in [0.3, 0.4) is 0 Å². The van der Waals surface area contributed by atoms with Crippen molar-refractivity contribution in [3.63, 3.8) is 0 Å². The molecule has 0 spiro atoms. The topological polar surface area (TPSA) is 96.6 Å². The van der Waals surface area contributed by atoms with Gasteiger partial charge in [-0.2, -0.15) is 0 Å². The molecule has 0 saturated carbocycles. The van der Waals surface area contributed by atoms with Crippen molar-refractivity contribution >= 4 is 33.4 Å². The van der Waals surface area contributed by atoms with E-state index >= 15 is 0 Å². The molecular weight excluding hydrogens is 306 g/mol. The number of aliphatic carboxylic acids is 1. The van der Waals surface area contributed by atoms with Crippen LogP contribution in [0.1, 0.15) is 13.3 Å². The van der Waals surface area contributed by atoms with E-state index in [1.807, 2.05) is 0 Å². The number of pyridine rings is 1. The van der Waals surface area contributed by atoms with Crippen LogP contribution in [0.2, 0.25) is 0 Å². The molecule has 1 N–H and O–H groups in total. The third kappa shape index (κ3) is 2.95. The predicted octanol–water partition coefficient (Wildman–Crippen LogP) is 2.05. The summed E-state index contributed by atoms with van der Waals surface area (Å²) in [4.78, 5) is 26.6. The van der Waals surface area contributed by atoms with Crippen LogP contribution in [-0.2, 0) is 4.79 Å². The highest BCUT2D eigenvalue weighted by atomic mass is 79.9. The largest absolute Gasteiger partial charge is 0.480 e. The zero-order valence-corrected chi connectivity index (χ0v) is 11.4. The molecule has 7 nitrogen and oxygen atoms in total. The van der Waals surface area contributed by atoms with Gasteiger partial charge < -0.3 is 10.0 Å². The molecule has 0 fully saturated rings. The van der Waals surface area contributed by atoms with Crippen LogP contribution in [0.5, 0.6) is 0 Å². The number of rotatable bonds is 5. The Kier molecular flexibility index (Phi) is 4.60. The van der Waals surface area contributed by atoms with Gasteiger partial charge in [0.2, 0.25) is 5.82 Å². The van der Waals surface area contributed by atoms with Gasteiger partial charge in [0.15, 0.2) is 0 Å². The van der Waals surface area contributed by atoms with Crippen molar-refractivity contribution in [3.05, 3.63) is 26.9 Å². The number of carboxylic acids is 1. The van der Waals surface area contributed by atoms with E-state index in [1.165, 1.54) is 24.2 Å². The Hall–Kier alpha value is -1.70. The summed E-state index contributed by atoms with van der Waals surface area (Å²) >= 11 is 3.09. The van der Waals surface area contributed by atoms with E-state index in [4.69, 9.17) is 5.11 Å². The number of anilines is 1. The summed E-state index contributed by atoms with van der Waals surface area (Å²) in [5, 5.41) is 20.0. The number of hydrogen-bond donors (Lipinski definition) is 1. The van der Waals surface area contributed by atoms with Crippen LogP contribution in [0.25, 0.3) is 0 Å². The minimum atomic E-state index is -1.04. The number of halogens is 1. The second-order valence-electron chi connectivity index (χ2n) is 3.63. The maximum atomic E-state index is 11.0. The first kappa shape index (κ1) is 14.4. The molecule has 1 aromatic rings. The molecular formula is C10H12BrN3O4. The normalized spacial score (nSPS) is 11.9. The van der Waals surface area contributed by atoms with Crippen LogP contribution in [0.15, 0.2) is 16.7 Å². The molecule has 1 heterocycles. The molecule has 1 atom stereocenters. The highest BCUT2D eigenvalue weighted by molar-refractivity contribution is 9.10. The van der Waals surface area contributed by atoms with E-state index in [9.17, 15) is 14.9 Å². The van der Waals surface area contributed by atoms with Crippen LogP contribution in [-0.4, -0.2) is 34.1 Å². The third-order valence-electron chi connectivity index (χ3n) is 2.48. The van der Waals surface area contributed by atoms with Crippen molar-refractivity contribution in [1.82, 2.24) is 4.98 Å². The van der Waals surface area contributed by atoms with E-state index < -0.39 is 16.9 Å². The van der Waals surface area contributed by atoms with E-state index in [1.54, 1.807) is 6.92 Å². The fourth-order valence-corrected chi connectivity index (χ4v) is 1.91. The number of likely N-dealkylation sites (N-methyl/N-ethyl adjacent to an activating group) is 1. The monoisotopic (exact) mass is 317 g/mol. The molecule has 0 radical (unpaired) electrons. The quantitative estimate of drug-likeness (QED) is 0.659. The number of hydrogen-bond acceptors (Lipinski definition) is 5. The Bertz CT molecular complexity index is 480. The van der Waals surface area contributed by atoms with Gasteiger partial charge in [-0.05, 0) is 22.4 Å². The minimum Gasteiger partial charge on any atom is -0.480 e. The average Bonchev–Trinajstić information content (AvgIpc) is 2.28. The molecule has 0 aromatic carbocycles. The first-order valence-corrected chi connectivity index (χ1v) is 5.93. The number of carbonyl (C=O) groups is 1.